The molecule has 0 unspecified atom stereocenters. The first kappa shape index (κ1) is 14.7. The molecule has 0 aliphatic heterocycles. The van der Waals surface area contributed by atoms with Gasteiger partial charge in [0, 0.05) is 5.56 Å². The lowest BCUT2D eigenvalue weighted by Crippen LogP contribution is -2.09. The number of halogens is 1. The molecule has 0 aliphatic carbocycles. The fourth-order valence-corrected chi connectivity index (χ4v) is 1.87. The molecule has 4 nitrogen and oxygen atoms in total. The van der Waals surface area contributed by atoms with Gasteiger partial charge in [0.2, 0.25) is 5.39 Å². The SMILES string of the molecule is Cc1ccc(OC(=O)CCc2ccc(F)cc2[N+]#N)cc1. The van der Waals surface area contributed by atoms with E-state index in [1.54, 1.807) is 12.1 Å². The molecule has 0 N–H and O–H groups in total. The topological polar surface area (TPSA) is 54.5 Å². The Balaban J connectivity index is 1.95. The van der Waals surface area contributed by atoms with Crippen LogP contribution in [-0.4, -0.2) is 5.97 Å². The molecule has 0 atom stereocenters. The van der Waals surface area contributed by atoms with E-state index in [1.807, 2.05) is 19.1 Å². The predicted octanol–water partition coefficient (Wildman–Crippen LogP) is 4.16. The number of hydrogen-bond donors (Lipinski definition) is 0. The van der Waals surface area contributed by atoms with E-state index in [1.165, 1.54) is 12.1 Å². The van der Waals surface area contributed by atoms with Gasteiger partial charge in [-0.3, -0.25) is 4.79 Å². The van der Waals surface area contributed by atoms with E-state index in [-0.39, 0.29) is 12.1 Å². The number of diazo groups is 1. The van der Waals surface area contributed by atoms with E-state index in [4.69, 9.17) is 10.1 Å². The van der Waals surface area contributed by atoms with Gasteiger partial charge in [0.05, 0.1) is 12.5 Å². The lowest BCUT2D eigenvalue weighted by molar-refractivity contribution is -0.134. The van der Waals surface area contributed by atoms with Crippen molar-refractivity contribution < 1.29 is 13.9 Å². The molecular formula is C16H14FN2O2+. The molecule has 2 aromatic rings. The van der Waals surface area contributed by atoms with Crippen LogP contribution in [0.25, 0.3) is 4.98 Å². The second-order valence-corrected chi connectivity index (χ2v) is 4.66. The molecule has 0 saturated heterocycles. The molecular weight excluding hydrogens is 271 g/mol. The fourth-order valence-electron chi connectivity index (χ4n) is 1.87. The van der Waals surface area contributed by atoms with Crippen LogP contribution in [0.2, 0.25) is 0 Å². The summed E-state index contributed by atoms with van der Waals surface area (Å²) in [5.74, 6) is -0.405. The van der Waals surface area contributed by atoms with Crippen molar-refractivity contribution in [3.05, 3.63) is 64.4 Å². The number of benzene rings is 2. The summed E-state index contributed by atoms with van der Waals surface area (Å²) in [6.45, 7) is 1.94. The molecule has 106 valence electrons. The molecule has 2 aromatic carbocycles. The van der Waals surface area contributed by atoms with E-state index in [9.17, 15) is 9.18 Å². The molecule has 2 rings (SSSR count). The maximum absolute atomic E-state index is 13.0. The van der Waals surface area contributed by atoms with Crippen LogP contribution in [0.15, 0.2) is 42.5 Å². The molecule has 0 aromatic heterocycles. The summed E-state index contributed by atoms with van der Waals surface area (Å²) in [4.78, 5) is 14.8. The number of carbonyl (C=O) groups excluding carboxylic acids is 1. The van der Waals surface area contributed by atoms with Crippen molar-refractivity contribution in [3.63, 3.8) is 0 Å². The maximum atomic E-state index is 13.0. The Labute approximate surface area is 121 Å². The van der Waals surface area contributed by atoms with Crippen LogP contribution >= 0.6 is 0 Å². The van der Waals surface area contributed by atoms with Crippen LogP contribution in [-0.2, 0) is 11.2 Å². The summed E-state index contributed by atoms with van der Waals surface area (Å²) in [5.41, 5.74) is 1.79. The molecule has 0 amide bonds. The molecule has 0 aliphatic rings. The summed E-state index contributed by atoms with van der Waals surface area (Å²) in [7, 11) is 0. The third-order valence-electron chi connectivity index (χ3n) is 3.01. The summed E-state index contributed by atoms with van der Waals surface area (Å²) in [6, 6.07) is 11.0. The number of ether oxygens (including phenoxy) is 1. The Morgan fingerprint density at radius 2 is 1.95 bits per heavy atom. The minimum atomic E-state index is -0.492. The van der Waals surface area contributed by atoms with E-state index in [0.717, 1.165) is 11.6 Å². The highest BCUT2D eigenvalue weighted by Gasteiger charge is 2.16. The Bertz CT molecular complexity index is 690. The number of hydrogen-bond acceptors (Lipinski definition) is 3. The third kappa shape index (κ3) is 4.11. The van der Waals surface area contributed by atoms with Crippen molar-refractivity contribution >= 4 is 11.7 Å². The number of rotatable bonds is 4. The zero-order chi connectivity index (χ0) is 15.2. The molecule has 0 radical (unpaired) electrons. The average Bonchev–Trinajstić information content (AvgIpc) is 2.48. The van der Waals surface area contributed by atoms with Crippen molar-refractivity contribution in [3.8, 4) is 5.75 Å². The molecule has 0 bridgehead atoms. The molecule has 0 saturated carbocycles. The van der Waals surface area contributed by atoms with Gasteiger partial charge in [-0.05, 0) is 37.6 Å². The minimum absolute atomic E-state index is 0.113. The molecule has 5 heteroatoms. The van der Waals surface area contributed by atoms with Crippen molar-refractivity contribution in [2.45, 2.75) is 19.8 Å². The quantitative estimate of drug-likeness (QED) is 0.481. The smallest absolute Gasteiger partial charge is 0.391 e. The standard InChI is InChI=1S/C16H14FN2O2/c1-11-2-7-14(8-3-11)21-16(20)9-5-12-4-6-13(17)10-15(12)19-18/h2-4,6-8,10H,5,9H2,1H3/q+1. The van der Waals surface area contributed by atoms with Crippen LogP contribution in [0.1, 0.15) is 17.5 Å². The van der Waals surface area contributed by atoms with Crippen molar-refractivity contribution in [1.82, 2.24) is 0 Å². The van der Waals surface area contributed by atoms with Crippen LogP contribution in [0.3, 0.4) is 0 Å². The predicted molar refractivity (Wildman–Crippen MR) is 76.3 cm³/mol. The van der Waals surface area contributed by atoms with Gasteiger partial charge in [-0.15, -0.1) is 0 Å². The molecule has 0 spiro atoms. The molecule has 0 heterocycles. The van der Waals surface area contributed by atoms with Gasteiger partial charge < -0.3 is 4.74 Å². The van der Waals surface area contributed by atoms with Crippen LogP contribution in [0, 0.1) is 18.1 Å². The zero-order valence-electron chi connectivity index (χ0n) is 11.5. The van der Waals surface area contributed by atoms with E-state index >= 15 is 0 Å². The van der Waals surface area contributed by atoms with Crippen molar-refractivity contribution in [2.24, 2.45) is 0 Å². The number of carbonyl (C=O) groups is 1. The van der Waals surface area contributed by atoms with Gasteiger partial charge in [0.15, 0.2) is 4.98 Å². The van der Waals surface area contributed by atoms with E-state index in [0.29, 0.717) is 17.7 Å². The maximum Gasteiger partial charge on any atom is 0.391 e. The summed E-state index contributed by atoms with van der Waals surface area (Å²) in [6.07, 6.45) is 0.423. The third-order valence-corrected chi connectivity index (χ3v) is 3.01. The van der Waals surface area contributed by atoms with Crippen LogP contribution in [0.5, 0.6) is 5.75 Å². The monoisotopic (exact) mass is 285 g/mol. The summed E-state index contributed by atoms with van der Waals surface area (Å²) in [5, 5.41) is 8.81. The lowest BCUT2D eigenvalue weighted by atomic mass is 10.1. The molecule has 0 fully saturated rings. The van der Waals surface area contributed by atoms with Gasteiger partial charge in [-0.25, -0.2) is 4.39 Å². The number of nitrogens with zero attached hydrogens (tertiary/aromatic N) is 2. The largest absolute Gasteiger partial charge is 0.427 e. The average molecular weight is 285 g/mol. The Hall–Kier alpha value is -2.74. The van der Waals surface area contributed by atoms with Gasteiger partial charge in [-0.1, -0.05) is 17.7 Å². The van der Waals surface area contributed by atoms with Gasteiger partial charge in [0.25, 0.3) is 0 Å². The first-order valence-electron chi connectivity index (χ1n) is 6.49. The summed E-state index contributed by atoms with van der Waals surface area (Å²) < 4.78 is 18.2. The number of aryl methyl sites for hydroxylation is 2. The number of esters is 1. The first-order chi connectivity index (χ1) is 10.1. The van der Waals surface area contributed by atoms with Crippen LogP contribution < -0.4 is 4.74 Å². The van der Waals surface area contributed by atoms with Crippen molar-refractivity contribution in [2.75, 3.05) is 0 Å². The second-order valence-electron chi connectivity index (χ2n) is 4.66. The summed E-state index contributed by atoms with van der Waals surface area (Å²) >= 11 is 0. The van der Waals surface area contributed by atoms with Gasteiger partial charge in [-0.2, -0.15) is 0 Å². The first-order valence-corrected chi connectivity index (χ1v) is 6.49. The van der Waals surface area contributed by atoms with Crippen LogP contribution in [0.4, 0.5) is 10.1 Å². The highest BCUT2D eigenvalue weighted by molar-refractivity contribution is 5.73. The normalized spacial score (nSPS) is 9.95. The Morgan fingerprint density at radius 1 is 1.24 bits per heavy atom. The second kappa shape index (κ2) is 6.62. The fraction of sp³-hybridized carbons (Fsp3) is 0.188. The van der Waals surface area contributed by atoms with E-state index < -0.39 is 11.8 Å². The van der Waals surface area contributed by atoms with Crippen molar-refractivity contribution in [1.29, 1.82) is 5.39 Å². The molecule has 21 heavy (non-hydrogen) atoms. The Morgan fingerprint density at radius 3 is 2.62 bits per heavy atom. The zero-order valence-corrected chi connectivity index (χ0v) is 11.5. The lowest BCUT2D eigenvalue weighted by Gasteiger charge is -2.04. The Kier molecular flexibility index (Phi) is 4.62. The highest BCUT2D eigenvalue weighted by Crippen LogP contribution is 2.22. The highest BCUT2D eigenvalue weighted by atomic mass is 19.1. The van der Waals surface area contributed by atoms with Gasteiger partial charge in [0.1, 0.15) is 11.6 Å². The van der Waals surface area contributed by atoms with Gasteiger partial charge >= 0.3 is 11.7 Å². The van der Waals surface area contributed by atoms with E-state index in [2.05, 4.69) is 4.98 Å². The minimum Gasteiger partial charge on any atom is -0.427 e.